The third-order valence-electron chi connectivity index (χ3n) is 2.15. The highest BCUT2D eigenvalue weighted by molar-refractivity contribution is 5.82. The average Bonchev–Trinajstić information content (AvgIpc) is 2.83. The van der Waals surface area contributed by atoms with Crippen molar-refractivity contribution in [1.29, 1.82) is 0 Å². The molecule has 0 radical (unpaired) electrons. The Balaban J connectivity index is 1.82. The van der Waals surface area contributed by atoms with E-state index in [1.165, 1.54) is 6.21 Å². The third-order valence-corrected chi connectivity index (χ3v) is 2.15. The normalized spacial score (nSPS) is 10.6. The number of carbonyl (C=O) groups is 1. The Hall–Kier alpha value is -2.36. The third kappa shape index (κ3) is 3.61. The SMILES string of the molecule is O=C(Cc1ccccc1)N/N=C/c1ccoc1. The number of furan rings is 1. The summed E-state index contributed by atoms with van der Waals surface area (Å²) in [4.78, 5) is 11.5. The van der Waals surface area contributed by atoms with Gasteiger partial charge in [-0.25, -0.2) is 5.43 Å². The zero-order chi connectivity index (χ0) is 11.9. The maximum Gasteiger partial charge on any atom is 0.244 e. The van der Waals surface area contributed by atoms with Gasteiger partial charge in [0.25, 0.3) is 0 Å². The van der Waals surface area contributed by atoms with Crippen LogP contribution in [-0.2, 0) is 11.2 Å². The molecule has 1 amide bonds. The predicted molar refractivity (Wildman–Crippen MR) is 64.6 cm³/mol. The Labute approximate surface area is 99.0 Å². The Kier molecular flexibility index (Phi) is 3.70. The molecule has 0 unspecified atom stereocenters. The van der Waals surface area contributed by atoms with Crippen LogP contribution < -0.4 is 5.43 Å². The van der Waals surface area contributed by atoms with Crippen LogP contribution in [0.15, 0.2) is 58.4 Å². The molecule has 0 bridgehead atoms. The Morgan fingerprint density at radius 3 is 2.82 bits per heavy atom. The lowest BCUT2D eigenvalue weighted by molar-refractivity contribution is -0.120. The van der Waals surface area contributed by atoms with E-state index in [4.69, 9.17) is 4.42 Å². The zero-order valence-electron chi connectivity index (χ0n) is 9.17. The van der Waals surface area contributed by atoms with E-state index in [9.17, 15) is 4.79 Å². The molecule has 17 heavy (non-hydrogen) atoms. The van der Waals surface area contributed by atoms with Crippen molar-refractivity contribution in [3.63, 3.8) is 0 Å². The van der Waals surface area contributed by atoms with E-state index in [1.807, 2.05) is 30.3 Å². The van der Waals surface area contributed by atoms with Crippen LogP contribution in [-0.4, -0.2) is 12.1 Å². The van der Waals surface area contributed by atoms with Crippen LogP contribution in [0.3, 0.4) is 0 Å². The van der Waals surface area contributed by atoms with Gasteiger partial charge >= 0.3 is 0 Å². The second-order valence-corrected chi connectivity index (χ2v) is 3.51. The summed E-state index contributed by atoms with van der Waals surface area (Å²) in [6, 6.07) is 11.3. The molecular weight excluding hydrogens is 216 g/mol. The first kappa shape index (κ1) is 11.1. The minimum Gasteiger partial charge on any atom is -0.472 e. The first-order valence-electron chi connectivity index (χ1n) is 5.22. The molecule has 1 aromatic carbocycles. The monoisotopic (exact) mass is 228 g/mol. The highest BCUT2D eigenvalue weighted by Crippen LogP contribution is 1.99. The molecule has 2 rings (SSSR count). The number of benzene rings is 1. The first-order valence-corrected chi connectivity index (χ1v) is 5.22. The average molecular weight is 228 g/mol. The second kappa shape index (κ2) is 5.65. The first-order chi connectivity index (χ1) is 8.34. The number of carbonyl (C=O) groups excluding carboxylic acids is 1. The summed E-state index contributed by atoms with van der Waals surface area (Å²) in [7, 11) is 0. The highest BCUT2D eigenvalue weighted by atomic mass is 16.3. The minimum atomic E-state index is -0.143. The molecule has 0 fully saturated rings. The fourth-order valence-electron chi connectivity index (χ4n) is 1.35. The van der Waals surface area contributed by atoms with E-state index >= 15 is 0 Å². The van der Waals surface area contributed by atoms with Gasteiger partial charge in [-0.3, -0.25) is 4.79 Å². The summed E-state index contributed by atoms with van der Waals surface area (Å²) in [6.45, 7) is 0. The van der Waals surface area contributed by atoms with Gasteiger partial charge in [0.15, 0.2) is 0 Å². The lowest BCUT2D eigenvalue weighted by Crippen LogP contribution is -2.19. The molecule has 0 atom stereocenters. The van der Waals surface area contributed by atoms with E-state index in [1.54, 1.807) is 18.6 Å². The van der Waals surface area contributed by atoms with Crippen LogP contribution in [0, 0.1) is 0 Å². The fourth-order valence-corrected chi connectivity index (χ4v) is 1.35. The summed E-state index contributed by atoms with van der Waals surface area (Å²) < 4.78 is 4.86. The molecule has 0 saturated heterocycles. The summed E-state index contributed by atoms with van der Waals surface area (Å²) in [5.41, 5.74) is 4.23. The Morgan fingerprint density at radius 1 is 1.29 bits per heavy atom. The van der Waals surface area contributed by atoms with Gasteiger partial charge in [0, 0.05) is 5.56 Å². The summed E-state index contributed by atoms with van der Waals surface area (Å²) >= 11 is 0. The largest absolute Gasteiger partial charge is 0.472 e. The highest BCUT2D eigenvalue weighted by Gasteiger charge is 2.00. The second-order valence-electron chi connectivity index (χ2n) is 3.51. The van der Waals surface area contributed by atoms with Crippen LogP contribution in [0.1, 0.15) is 11.1 Å². The molecule has 86 valence electrons. The molecule has 0 aliphatic carbocycles. The van der Waals surface area contributed by atoms with Crippen molar-refractivity contribution in [3.05, 3.63) is 60.1 Å². The van der Waals surface area contributed by atoms with Gasteiger partial charge in [0.1, 0.15) is 0 Å². The standard InChI is InChI=1S/C13H12N2O2/c16-13(8-11-4-2-1-3-5-11)15-14-9-12-6-7-17-10-12/h1-7,9-10H,8H2,(H,15,16)/b14-9+. The molecule has 4 nitrogen and oxygen atoms in total. The van der Waals surface area contributed by atoms with Gasteiger partial charge in [-0.1, -0.05) is 30.3 Å². The molecule has 1 aromatic heterocycles. The number of nitrogens with one attached hydrogen (secondary N) is 1. The van der Waals surface area contributed by atoms with Crippen LogP contribution in [0.4, 0.5) is 0 Å². The number of hydrazone groups is 1. The van der Waals surface area contributed by atoms with Crippen molar-refractivity contribution < 1.29 is 9.21 Å². The summed E-state index contributed by atoms with van der Waals surface area (Å²) in [5.74, 6) is -0.143. The van der Waals surface area contributed by atoms with Crippen molar-refractivity contribution in [2.24, 2.45) is 5.10 Å². The van der Waals surface area contributed by atoms with E-state index in [-0.39, 0.29) is 5.91 Å². The number of rotatable bonds is 4. The van der Waals surface area contributed by atoms with Gasteiger partial charge in [-0.2, -0.15) is 5.10 Å². The van der Waals surface area contributed by atoms with Gasteiger partial charge in [-0.05, 0) is 11.6 Å². The van der Waals surface area contributed by atoms with Gasteiger partial charge in [-0.15, -0.1) is 0 Å². The number of nitrogens with zero attached hydrogens (tertiary/aromatic N) is 1. The van der Waals surface area contributed by atoms with Gasteiger partial charge in [0.2, 0.25) is 5.91 Å². The quantitative estimate of drug-likeness (QED) is 0.642. The molecule has 0 aliphatic rings. The minimum absolute atomic E-state index is 0.143. The molecule has 0 saturated carbocycles. The molecule has 4 heteroatoms. The molecule has 2 aromatic rings. The van der Waals surface area contributed by atoms with Crippen LogP contribution in [0.2, 0.25) is 0 Å². The lowest BCUT2D eigenvalue weighted by atomic mass is 10.1. The van der Waals surface area contributed by atoms with Crippen molar-refractivity contribution in [2.45, 2.75) is 6.42 Å². The Morgan fingerprint density at radius 2 is 2.12 bits per heavy atom. The maximum absolute atomic E-state index is 11.5. The Bertz CT molecular complexity index is 489. The van der Waals surface area contributed by atoms with Crippen molar-refractivity contribution in [2.75, 3.05) is 0 Å². The van der Waals surface area contributed by atoms with E-state index in [0.717, 1.165) is 11.1 Å². The molecule has 1 N–H and O–H groups in total. The summed E-state index contributed by atoms with van der Waals surface area (Å²) in [5, 5.41) is 3.83. The van der Waals surface area contributed by atoms with Gasteiger partial charge in [0.05, 0.1) is 25.2 Å². The molecular formula is C13H12N2O2. The fraction of sp³-hybridized carbons (Fsp3) is 0.0769. The van der Waals surface area contributed by atoms with Crippen LogP contribution >= 0.6 is 0 Å². The molecule has 0 aliphatic heterocycles. The number of hydrogen-bond donors (Lipinski definition) is 1. The van der Waals surface area contributed by atoms with Crippen molar-refractivity contribution >= 4 is 12.1 Å². The smallest absolute Gasteiger partial charge is 0.244 e. The van der Waals surface area contributed by atoms with E-state index < -0.39 is 0 Å². The lowest BCUT2D eigenvalue weighted by Gasteiger charge is -1.99. The predicted octanol–water partition coefficient (Wildman–Crippen LogP) is 1.97. The number of hydrogen-bond acceptors (Lipinski definition) is 3. The van der Waals surface area contributed by atoms with Gasteiger partial charge < -0.3 is 4.42 Å². The topological polar surface area (TPSA) is 54.6 Å². The summed E-state index contributed by atoms with van der Waals surface area (Å²) in [6.07, 6.45) is 4.95. The van der Waals surface area contributed by atoms with Crippen molar-refractivity contribution in [1.82, 2.24) is 5.43 Å². The van der Waals surface area contributed by atoms with Crippen LogP contribution in [0.5, 0.6) is 0 Å². The van der Waals surface area contributed by atoms with E-state index in [2.05, 4.69) is 10.5 Å². The van der Waals surface area contributed by atoms with Crippen molar-refractivity contribution in [3.8, 4) is 0 Å². The molecule has 1 heterocycles. The number of amides is 1. The molecule has 0 spiro atoms. The zero-order valence-corrected chi connectivity index (χ0v) is 9.17. The van der Waals surface area contributed by atoms with E-state index in [0.29, 0.717) is 6.42 Å². The van der Waals surface area contributed by atoms with Crippen LogP contribution in [0.25, 0.3) is 0 Å². The maximum atomic E-state index is 11.5.